The van der Waals surface area contributed by atoms with E-state index in [9.17, 15) is 0 Å². The Hall–Kier alpha value is -1.49. The van der Waals surface area contributed by atoms with E-state index in [1.165, 1.54) is 0 Å². The van der Waals surface area contributed by atoms with Crippen LogP contribution in [0.15, 0.2) is 27.6 Å². The van der Waals surface area contributed by atoms with Gasteiger partial charge in [-0.3, -0.25) is 0 Å². The van der Waals surface area contributed by atoms with Gasteiger partial charge in [0.05, 0.1) is 5.75 Å². The third kappa shape index (κ3) is 2.85. The Labute approximate surface area is 111 Å². The first kappa shape index (κ1) is 13.0. The maximum atomic E-state index is 5.87. The number of benzene rings is 1. The van der Waals surface area contributed by atoms with Crippen LogP contribution in [0.4, 0.5) is 5.69 Å². The van der Waals surface area contributed by atoms with E-state index in [0.29, 0.717) is 11.6 Å². The molecule has 0 aliphatic heterocycles. The number of nitrogens with zero attached hydrogens (tertiary/aromatic N) is 2. The average molecular weight is 263 g/mol. The number of nitrogens with two attached hydrogens (primary N) is 1. The first-order chi connectivity index (χ1) is 8.58. The summed E-state index contributed by atoms with van der Waals surface area (Å²) in [6.07, 6.45) is 0. The Morgan fingerprint density at radius 3 is 2.83 bits per heavy atom. The second kappa shape index (κ2) is 5.44. The molecule has 0 saturated carbocycles. The van der Waals surface area contributed by atoms with Crippen molar-refractivity contribution >= 4 is 17.4 Å². The van der Waals surface area contributed by atoms with E-state index in [-0.39, 0.29) is 5.92 Å². The maximum Gasteiger partial charge on any atom is 0.229 e. The quantitative estimate of drug-likeness (QED) is 0.676. The fourth-order valence-electron chi connectivity index (χ4n) is 1.49. The van der Waals surface area contributed by atoms with Gasteiger partial charge in [0.15, 0.2) is 5.82 Å². The summed E-state index contributed by atoms with van der Waals surface area (Å²) in [5.74, 6) is 2.38. The molecule has 1 aromatic carbocycles. The fraction of sp³-hybridized carbons (Fsp3) is 0.385. The van der Waals surface area contributed by atoms with Gasteiger partial charge < -0.3 is 10.3 Å². The summed E-state index contributed by atoms with van der Waals surface area (Å²) < 4.78 is 5.17. The van der Waals surface area contributed by atoms with Crippen molar-refractivity contribution in [2.75, 3.05) is 5.73 Å². The summed E-state index contributed by atoms with van der Waals surface area (Å²) >= 11 is 1.67. The van der Waals surface area contributed by atoms with Crippen LogP contribution in [0, 0.1) is 6.92 Å². The molecule has 2 aromatic rings. The average Bonchev–Trinajstić information content (AvgIpc) is 2.80. The Balaban J connectivity index is 2.04. The van der Waals surface area contributed by atoms with Gasteiger partial charge >= 0.3 is 0 Å². The molecule has 0 spiro atoms. The van der Waals surface area contributed by atoms with Gasteiger partial charge in [0.2, 0.25) is 5.89 Å². The number of hydrogen-bond acceptors (Lipinski definition) is 5. The molecule has 0 bridgehead atoms. The largest absolute Gasteiger partial charge is 0.398 e. The SMILES string of the molecule is Cc1c(N)cccc1SCc1noc(C(C)C)n1. The summed E-state index contributed by atoms with van der Waals surface area (Å²) in [6.45, 7) is 6.09. The Kier molecular flexibility index (Phi) is 3.91. The topological polar surface area (TPSA) is 64.9 Å². The van der Waals surface area contributed by atoms with Gasteiger partial charge in [0.1, 0.15) is 0 Å². The minimum absolute atomic E-state index is 0.269. The van der Waals surface area contributed by atoms with Crippen LogP contribution in [0.5, 0.6) is 0 Å². The first-order valence-corrected chi connectivity index (χ1v) is 6.87. The molecule has 0 unspecified atom stereocenters. The standard InChI is InChI=1S/C13H17N3OS/c1-8(2)13-15-12(16-17-13)7-18-11-6-4-5-10(14)9(11)3/h4-6,8H,7,14H2,1-3H3. The number of aromatic nitrogens is 2. The number of rotatable bonds is 4. The van der Waals surface area contributed by atoms with E-state index >= 15 is 0 Å². The minimum atomic E-state index is 0.269. The molecule has 5 heteroatoms. The van der Waals surface area contributed by atoms with Gasteiger partial charge in [-0.15, -0.1) is 11.8 Å². The Morgan fingerprint density at radius 1 is 1.39 bits per heavy atom. The van der Waals surface area contributed by atoms with E-state index in [1.54, 1.807) is 11.8 Å². The zero-order valence-corrected chi connectivity index (χ0v) is 11.6. The van der Waals surface area contributed by atoms with Gasteiger partial charge in [0.25, 0.3) is 0 Å². The van der Waals surface area contributed by atoms with Crippen molar-refractivity contribution in [1.82, 2.24) is 10.1 Å². The second-order valence-corrected chi connectivity index (χ2v) is 5.48. The zero-order valence-electron chi connectivity index (χ0n) is 10.8. The van der Waals surface area contributed by atoms with Crippen LogP contribution in [0.25, 0.3) is 0 Å². The summed E-state index contributed by atoms with van der Waals surface area (Å²) in [6, 6.07) is 5.92. The van der Waals surface area contributed by atoms with Gasteiger partial charge in [-0.25, -0.2) is 0 Å². The highest BCUT2D eigenvalue weighted by molar-refractivity contribution is 7.98. The maximum absolute atomic E-state index is 5.87. The van der Waals surface area contributed by atoms with Crippen LogP contribution in [0.2, 0.25) is 0 Å². The predicted molar refractivity (Wildman–Crippen MR) is 73.5 cm³/mol. The molecule has 0 aliphatic rings. The summed E-state index contributed by atoms with van der Waals surface area (Å²) in [7, 11) is 0. The van der Waals surface area contributed by atoms with Crippen molar-refractivity contribution in [2.24, 2.45) is 0 Å². The van der Waals surface area contributed by atoms with Crippen LogP contribution in [-0.2, 0) is 5.75 Å². The van der Waals surface area contributed by atoms with Gasteiger partial charge in [-0.1, -0.05) is 25.1 Å². The molecule has 18 heavy (non-hydrogen) atoms. The molecule has 0 fully saturated rings. The molecule has 0 amide bonds. The Bertz CT molecular complexity index is 537. The normalized spacial score (nSPS) is 11.1. The number of hydrogen-bond donors (Lipinski definition) is 1. The van der Waals surface area contributed by atoms with E-state index in [2.05, 4.69) is 16.2 Å². The van der Waals surface area contributed by atoms with Gasteiger partial charge in [0, 0.05) is 16.5 Å². The van der Waals surface area contributed by atoms with E-state index in [0.717, 1.165) is 22.0 Å². The fourth-order valence-corrected chi connectivity index (χ4v) is 2.40. The van der Waals surface area contributed by atoms with Gasteiger partial charge in [-0.05, 0) is 24.6 Å². The van der Waals surface area contributed by atoms with Crippen molar-refractivity contribution in [3.8, 4) is 0 Å². The summed E-state index contributed by atoms with van der Waals surface area (Å²) in [5, 5.41) is 3.97. The molecule has 0 aliphatic carbocycles. The summed E-state index contributed by atoms with van der Waals surface area (Å²) in [4.78, 5) is 5.51. The lowest BCUT2D eigenvalue weighted by Crippen LogP contribution is -1.92. The van der Waals surface area contributed by atoms with Crippen molar-refractivity contribution in [1.29, 1.82) is 0 Å². The van der Waals surface area contributed by atoms with Crippen LogP contribution in [0.3, 0.4) is 0 Å². The number of nitrogen functional groups attached to an aromatic ring is 1. The van der Waals surface area contributed by atoms with E-state index in [1.807, 2.05) is 32.9 Å². The van der Waals surface area contributed by atoms with E-state index < -0.39 is 0 Å². The molecule has 1 aromatic heterocycles. The lowest BCUT2D eigenvalue weighted by Gasteiger charge is -2.05. The number of anilines is 1. The third-order valence-electron chi connectivity index (χ3n) is 2.66. The zero-order chi connectivity index (χ0) is 13.1. The van der Waals surface area contributed by atoms with Gasteiger partial charge in [-0.2, -0.15) is 4.98 Å². The smallest absolute Gasteiger partial charge is 0.229 e. The van der Waals surface area contributed by atoms with Crippen molar-refractivity contribution < 1.29 is 4.52 Å². The first-order valence-electron chi connectivity index (χ1n) is 5.88. The number of thioether (sulfide) groups is 1. The third-order valence-corrected chi connectivity index (χ3v) is 3.82. The minimum Gasteiger partial charge on any atom is -0.398 e. The highest BCUT2D eigenvalue weighted by atomic mass is 32.2. The highest BCUT2D eigenvalue weighted by Crippen LogP contribution is 2.28. The molecule has 2 N–H and O–H groups in total. The molecule has 96 valence electrons. The lowest BCUT2D eigenvalue weighted by molar-refractivity contribution is 0.362. The van der Waals surface area contributed by atoms with Crippen LogP contribution < -0.4 is 5.73 Å². The van der Waals surface area contributed by atoms with Crippen molar-refractivity contribution in [2.45, 2.75) is 37.3 Å². The van der Waals surface area contributed by atoms with Crippen LogP contribution >= 0.6 is 11.8 Å². The van der Waals surface area contributed by atoms with Crippen molar-refractivity contribution in [3.63, 3.8) is 0 Å². The highest BCUT2D eigenvalue weighted by Gasteiger charge is 2.10. The summed E-state index contributed by atoms with van der Waals surface area (Å²) in [5.41, 5.74) is 7.79. The predicted octanol–water partition coefficient (Wildman–Crippen LogP) is 3.38. The van der Waals surface area contributed by atoms with Crippen LogP contribution in [-0.4, -0.2) is 10.1 Å². The molecular weight excluding hydrogens is 246 g/mol. The lowest BCUT2D eigenvalue weighted by atomic mass is 10.2. The molecular formula is C13H17N3OS. The van der Waals surface area contributed by atoms with Crippen molar-refractivity contribution in [3.05, 3.63) is 35.5 Å². The molecule has 2 rings (SSSR count). The molecule has 0 atom stereocenters. The molecule has 0 radical (unpaired) electrons. The van der Waals surface area contributed by atoms with E-state index in [4.69, 9.17) is 10.3 Å². The Morgan fingerprint density at radius 2 is 2.17 bits per heavy atom. The monoisotopic (exact) mass is 263 g/mol. The van der Waals surface area contributed by atoms with Crippen LogP contribution in [0.1, 0.15) is 37.0 Å². The molecule has 1 heterocycles. The second-order valence-electron chi connectivity index (χ2n) is 4.46. The molecule has 4 nitrogen and oxygen atoms in total. The molecule has 0 saturated heterocycles.